The number of nitriles is 1. The number of benzene rings is 1. The van der Waals surface area contributed by atoms with Crippen LogP contribution in [0.4, 0.5) is 0 Å². The lowest BCUT2D eigenvalue weighted by Crippen LogP contribution is -2.00. The Bertz CT molecular complexity index is 621. The highest BCUT2D eigenvalue weighted by Crippen LogP contribution is 2.22. The average molecular weight is 289 g/mol. The average Bonchev–Trinajstić information content (AvgIpc) is 2.53. The molecule has 0 bridgehead atoms. The van der Waals surface area contributed by atoms with E-state index in [1.165, 1.54) is 0 Å². The van der Waals surface area contributed by atoms with Gasteiger partial charge in [-0.15, -0.1) is 11.6 Å². The molecule has 0 fully saturated rings. The molecule has 4 nitrogen and oxygen atoms in total. The SMILES string of the molecule is COc1ccc(C#N)cc1COc1ccc(CCl)nc1. The van der Waals surface area contributed by atoms with Gasteiger partial charge >= 0.3 is 0 Å². The quantitative estimate of drug-likeness (QED) is 0.792. The lowest BCUT2D eigenvalue weighted by atomic mass is 10.1. The molecule has 0 amide bonds. The normalized spacial score (nSPS) is 9.85. The Labute approximate surface area is 122 Å². The van der Waals surface area contributed by atoms with Crippen LogP contribution in [0.5, 0.6) is 11.5 Å². The molecule has 0 aliphatic rings. The fourth-order valence-electron chi connectivity index (χ4n) is 1.70. The molecule has 1 aromatic carbocycles. The molecule has 0 aliphatic carbocycles. The van der Waals surface area contributed by atoms with Crippen LogP contribution in [0.3, 0.4) is 0 Å². The van der Waals surface area contributed by atoms with E-state index in [2.05, 4.69) is 11.1 Å². The Balaban J connectivity index is 2.11. The van der Waals surface area contributed by atoms with Crippen molar-refractivity contribution >= 4 is 11.6 Å². The zero-order valence-electron chi connectivity index (χ0n) is 11.0. The largest absolute Gasteiger partial charge is 0.496 e. The van der Waals surface area contributed by atoms with Crippen LogP contribution in [0.25, 0.3) is 0 Å². The third-order valence-corrected chi connectivity index (χ3v) is 3.01. The third-order valence-electron chi connectivity index (χ3n) is 2.74. The van der Waals surface area contributed by atoms with Crippen LogP contribution in [0.15, 0.2) is 36.5 Å². The number of aromatic nitrogens is 1. The second-order valence-electron chi connectivity index (χ2n) is 4.05. The molecule has 1 heterocycles. The van der Waals surface area contributed by atoms with Crippen molar-refractivity contribution in [2.45, 2.75) is 12.5 Å². The predicted molar refractivity (Wildman–Crippen MR) is 75.8 cm³/mol. The summed E-state index contributed by atoms with van der Waals surface area (Å²) < 4.78 is 10.9. The molecule has 1 aromatic heterocycles. The minimum absolute atomic E-state index is 0.306. The zero-order valence-corrected chi connectivity index (χ0v) is 11.7. The summed E-state index contributed by atoms with van der Waals surface area (Å²) in [5.74, 6) is 1.70. The summed E-state index contributed by atoms with van der Waals surface area (Å²) in [6, 6.07) is 10.9. The Kier molecular flexibility index (Phi) is 4.80. The van der Waals surface area contributed by atoms with Crippen LogP contribution in [-0.2, 0) is 12.5 Å². The molecule has 0 unspecified atom stereocenters. The summed E-state index contributed by atoms with van der Waals surface area (Å²) in [6.45, 7) is 0.306. The van der Waals surface area contributed by atoms with Crippen LogP contribution in [0.1, 0.15) is 16.8 Å². The monoisotopic (exact) mass is 288 g/mol. The Morgan fingerprint density at radius 2 is 2.15 bits per heavy atom. The van der Waals surface area contributed by atoms with E-state index in [1.807, 2.05) is 12.1 Å². The maximum atomic E-state index is 8.91. The number of nitrogens with zero attached hydrogens (tertiary/aromatic N) is 2. The fraction of sp³-hybridized carbons (Fsp3) is 0.200. The van der Waals surface area contributed by atoms with Gasteiger partial charge in [-0.05, 0) is 30.3 Å². The van der Waals surface area contributed by atoms with Crippen LogP contribution >= 0.6 is 11.6 Å². The van der Waals surface area contributed by atoms with E-state index >= 15 is 0 Å². The maximum absolute atomic E-state index is 8.91. The van der Waals surface area contributed by atoms with Gasteiger partial charge in [-0.1, -0.05) is 0 Å². The molecule has 102 valence electrons. The summed E-state index contributed by atoms with van der Waals surface area (Å²) in [4.78, 5) is 4.15. The van der Waals surface area contributed by atoms with E-state index in [0.29, 0.717) is 29.5 Å². The van der Waals surface area contributed by atoms with Crippen molar-refractivity contribution in [2.75, 3.05) is 7.11 Å². The van der Waals surface area contributed by atoms with E-state index in [9.17, 15) is 0 Å². The first-order valence-corrected chi connectivity index (χ1v) is 6.51. The molecular formula is C15H13ClN2O2. The second-order valence-corrected chi connectivity index (χ2v) is 4.31. The first-order valence-electron chi connectivity index (χ1n) is 5.97. The fourth-order valence-corrected chi connectivity index (χ4v) is 1.86. The zero-order chi connectivity index (χ0) is 14.4. The van der Waals surface area contributed by atoms with Crippen molar-refractivity contribution in [1.82, 2.24) is 4.98 Å². The Hall–Kier alpha value is -2.25. The van der Waals surface area contributed by atoms with Gasteiger partial charge in [0.2, 0.25) is 0 Å². The van der Waals surface area contributed by atoms with E-state index in [0.717, 1.165) is 11.3 Å². The number of pyridine rings is 1. The van der Waals surface area contributed by atoms with Crippen molar-refractivity contribution in [3.8, 4) is 17.6 Å². The van der Waals surface area contributed by atoms with Crippen molar-refractivity contribution in [1.29, 1.82) is 5.26 Å². The van der Waals surface area contributed by atoms with Gasteiger partial charge in [0.1, 0.15) is 18.1 Å². The first kappa shape index (κ1) is 14.2. The summed E-state index contributed by atoms with van der Waals surface area (Å²) in [5.41, 5.74) is 2.18. The molecule has 0 atom stereocenters. The van der Waals surface area contributed by atoms with E-state index in [-0.39, 0.29) is 0 Å². The lowest BCUT2D eigenvalue weighted by molar-refractivity contribution is 0.295. The number of ether oxygens (including phenoxy) is 2. The van der Waals surface area contributed by atoms with E-state index in [4.69, 9.17) is 26.3 Å². The van der Waals surface area contributed by atoms with Gasteiger partial charge in [0.05, 0.1) is 36.5 Å². The third kappa shape index (κ3) is 3.40. The molecule has 20 heavy (non-hydrogen) atoms. The minimum Gasteiger partial charge on any atom is -0.496 e. The van der Waals surface area contributed by atoms with Gasteiger partial charge in [0.15, 0.2) is 0 Å². The van der Waals surface area contributed by atoms with Crippen LogP contribution < -0.4 is 9.47 Å². The molecular weight excluding hydrogens is 276 g/mol. The number of halogens is 1. The molecule has 2 aromatic rings. The maximum Gasteiger partial charge on any atom is 0.138 e. The summed E-state index contributed by atoms with van der Waals surface area (Å²) in [6.07, 6.45) is 1.62. The number of hydrogen-bond acceptors (Lipinski definition) is 4. The molecule has 0 N–H and O–H groups in total. The van der Waals surface area contributed by atoms with Gasteiger partial charge in [-0.3, -0.25) is 4.98 Å². The highest BCUT2D eigenvalue weighted by Gasteiger charge is 2.06. The van der Waals surface area contributed by atoms with Crippen LogP contribution in [0.2, 0.25) is 0 Å². The summed E-state index contributed by atoms with van der Waals surface area (Å²) in [7, 11) is 1.59. The van der Waals surface area contributed by atoms with Crippen molar-refractivity contribution < 1.29 is 9.47 Å². The van der Waals surface area contributed by atoms with Crippen molar-refractivity contribution in [2.24, 2.45) is 0 Å². The van der Waals surface area contributed by atoms with Crippen molar-refractivity contribution in [3.05, 3.63) is 53.3 Å². The summed E-state index contributed by atoms with van der Waals surface area (Å²) >= 11 is 5.67. The second kappa shape index (κ2) is 6.78. The Morgan fingerprint density at radius 3 is 2.75 bits per heavy atom. The topological polar surface area (TPSA) is 55.1 Å². The van der Waals surface area contributed by atoms with Crippen LogP contribution in [0, 0.1) is 11.3 Å². The van der Waals surface area contributed by atoms with Gasteiger partial charge < -0.3 is 9.47 Å². The van der Waals surface area contributed by atoms with E-state index in [1.54, 1.807) is 31.5 Å². The lowest BCUT2D eigenvalue weighted by Gasteiger charge is -2.10. The molecule has 0 spiro atoms. The number of rotatable bonds is 5. The minimum atomic E-state index is 0.306. The van der Waals surface area contributed by atoms with Gasteiger partial charge in [-0.25, -0.2) is 0 Å². The molecule has 0 saturated carbocycles. The molecule has 0 saturated heterocycles. The van der Waals surface area contributed by atoms with E-state index < -0.39 is 0 Å². The van der Waals surface area contributed by atoms with Crippen LogP contribution in [-0.4, -0.2) is 12.1 Å². The highest BCUT2D eigenvalue weighted by atomic mass is 35.5. The molecule has 0 radical (unpaired) electrons. The predicted octanol–water partition coefficient (Wildman–Crippen LogP) is 3.28. The number of methoxy groups -OCH3 is 1. The number of alkyl halides is 1. The standard InChI is InChI=1S/C15H13ClN2O2/c1-19-15-5-2-11(8-17)6-12(15)10-20-14-4-3-13(7-16)18-9-14/h2-6,9H,7,10H2,1H3. The summed E-state index contributed by atoms with van der Waals surface area (Å²) in [5, 5.41) is 8.91. The molecule has 2 rings (SSSR count). The molecule has 0 aliphatic heterocycles. The van der Waals surface area contributed by atoms with Crippen molar-refractivity contribution in [3.63, 3.8) is 0 Å². The molecule has 5 heteroatoms. The smallest absolute Gasteiger partial charge is 0.138 e. The highest BCUT2D eigenvalue weighted by molar-refractivity contribution is 6.16. The van der Waals surface area contributed by atoms with Gasteiger partial charge in [-0.2, -0.15) is 5.26 Å². The first-order chi connectivity index (χ1) is 9.76. The number of hydrogen-bond donors (Lipinski definition) is 0. The van der Waals surface area contributed by atoms with Gasteiger partial charge in [0, 0.05) is 5.56 Å². The Morgan fingerprint density at radius 1 is 1.30 bits per heavy atom. The van der Waals surface area contributed by atoms with Gasteiger partial charge in [0.25, 0.3) is 0 Å².